The Labute approximate surface area is 300 Å². The quantitative estimate of drug-likeness (QED) is 0.160. The van der Waals surface area contributed by atoms with E-state index >= 15 is 0 Å². The van der Waals surface area contributed by atoms with Gasteiger partial charge in [-0.05, 0) is 81.9 Å². The molecule has 2 saturated heterocycles. The molecule has 4 unspecified atom stereocenters. The van der Waals surface area contributed by atoms with Crippen LogP contribution in [0.1, 0.15) is 152 Å². The predicted molar refractivity (Wildman–Crippen MR) is 201 cm³/mol. The van der Waals surface area contributed by atoms with Crippen molar-refractivity contribution in [1.82, 2.24) is 0 Å². The molecule has 280 valence electrons. The van der Waals surface area contributed by atoms with Crippen molar-refractivity contribution in [3.8, 4) is 5.75 Å². The van der Waals surface area contributed by atoms with E-state index in [1.165, 1.54) is 0 Å². The number of carbonyl (C=O) groups is 2. The van der Waals surface area contributed by atoms with E-state index in [0.717, 1.165) is 57.8 Å². The average Bonchev–Trinajstić information content (AvgIpc) is 2.92. The minimum atomic E-state index is -1.51. The highest BCUT2D eigenvalue weighted by Crippen LogP contribution is 2.45. The highest BCUT2D eigenvalue weighted by Gasteiger charge is 2.55. The van der Waals surface area contributed by atoms with Crippen LogP contribution < -0.4 is 0 Å². The summed E-state index contributed by atoms with van der Waals surface area (Å²) < 4.78 is 14.8. The number of phenolic OH excluding ortho intramolecular Hbond substituents is 1. The molecular formula is C42H74N2O5+2. The molecular weight excluding hydrogens is 612 g/mol. The SMILES string of the molecule is CCCCC(Cc1cc(C(C)(C)C)c(O)c(C(C)(C)C)c1)(C(=O)OC1CC(C)[N+](C)(C)C(C)(C)C1)C(=O)OC1CC(C)[N+](C)(C)C(C)(C)C1. The Morgan fingerprint density at radius 2 is 1.14 bits per heavy atom. The lowest BCUT2D eigenvalue weighted by molar-refractivity contribution is -0.965. The minimum Gasteiger partial charge on any atom is -0.507 e. The van der Waals surface area contributed by atoms with Crippen LogP contribution >= 0.6 is 0 Å². The van der Waals surface area contributed by atoms with Gasteiger partial charge in [0.05, 0.1) is 51.4 Å². The molecule has 2 aliphatic rings. The van der Waals surface area contributed by atoms with Crippen LogP contribution in [0.4, 0.5) is 0 Å². The summed E-state index contributed by atoms with van der Waals surface area (Å²) in [5.41, 5.74) is 0.0470. The van der Waals surface area contributed by atoms with Gasteiger partial charge in [0.2, 0.25) is 0 Å². The normalized spacial score (nSPS) is 27.5. The van der Waals surface area contributed by atoms with E-state index in [2.05, 4.69) is 118 Å². The number of phenols is 1. The molecule has 1 aromatic rings. The number of piperidine rings is 2. The average molecular weight is 687 g/mol. The summed E-state index contributed by atoms with van der Waals surface area (Å²) >= 11 is 0. The van der Waals surface area contributed by atoms with E-state index in [-0.39, 0.29) is 58.4 Å². The molecule has 0 amide bonds. The molecule has 0 aliphatic carbocycles. The fourth-order valence-corrected chi connectivity index (χ4v) is 8.23. The third kappa shape index (κ3) is 8.19. The predicted octanol–water partition coefficient (Wildman–Crippen LogP) is 8.60. The summed E-state index contributed by atoms with van der Waals surface area (Å²) in [7, 11) is 9.01. The summed E-state index contributed by atoms with van der Waals surface area (Å²) in [4.78, 5) is 29.9. The number of ether oxygens (including phenoxy) is 2. The number of esters is 2. The lowest BCUT2D eigenvalue weighted by atomic mass is 9.73. The van der Waals surface area contributed by atoms with E-state index in [0.29, 0.717) is 12.8 Å². The Morgan fingerprint density at radius 1 is 0.776 bits per heavy atom. The van der Waals surface area contributed by atoms with E-state index in [4.69, 9.17) is 9.47 Å². The molecule has 1 N–H and O–H groups in total. The van der Waals surface area contributed by atoms with Crippen molar-refractivity contribution in [3.63, 3.8) is 0 Å². The molecule has 3 rings (SSSR count). The Bertz CT molecular complexity index is 1270. The van der Waals surface area contributed by atoms with Gasteiger partial charge in [0.15, 0.2) is 5.41 Å². The van der Waals surface area contributed by atoms with Crippen molar-refractivity contribution in [3.05, 3.63) is 28.8 Å². The summed E-state index contributed by atoms with van der Waals surface area (Å²) in [6.45, 7) is 28.0. The maximum absolute atomic E-state index is 15.0. The zero-order chi connectivity index (χ0) is 37.8. The zero-order valence-electron chi connectivity index (χ0n) is 34.6. The van der Waals surface area contributed by atoms with Gasteiger partial charge in [-0.25, -0.2) is 0 Å². The number of likely N-dealkylation sites (tertiary alicyclic amines) is 2. The smallest absolute Gasteiger partial charge is 0.324 e. The fourth-order valence-electron chi connectivity index (χ4n) is 8.23. The van der Waals surface area contributed by atoms with Crippen LogP contribution in [0, 0.1) is 5.41 Å². The first-order chi connectivity index (χ1) is 22.0. The van der Waals surface area contributed by atoms with Gasteiger partial charge in [0.1, 0.15) is 18.0 Å². The fraction of sp³-hybridized carbons (Fsp3) is 0.810. The van der Waals surface area contributed by atoms with Crippen molar-refractivity contribution in [2.24, 2.45) is 5.41 Å². The van der Waals surface area contributed by atoms with E-state index < -0.39 is 17.4 Å². The summed E-state index contributed by atoms with van der Waals surface area (Å²) in [5.74, 6) is -0.646. The first-order valence-corrected chi connectivity index (χ1v) is 19.0. The van der Waals surface area contributed by atoms with Gasteiger partial charge in [-0.2, -0.15) is 0 Å². The van der Waals surface area contributed by atoms with Gasteiger partial charge in [-0.3, -0.25) is 9.59 Å². The Balaban J connectivity index is 2.18. The monoisotopic (exact) mass is 687 g/mol. The largest absolute Gasteiger partial charge is 0.507 e. The van der Waals surface area contributed by atoms with Crippen LogP contribution in [0.25, 0.3) is 0 Å². The molecule has 2 fully saturated rings. The van der Waals surface area contributed by atoms with Crippen LogP contribution in [0.2, 0.25) is 0 Å². The zero-order valence-corrected chi connectivity index (χ0v) is 34.6. The lowest BCUT2D eigenvalue weighted by Gasteiger charge is -2.54. The molecule has 1 aromatic carbocycles. The summed E-state index contributed by atoms with van der Waals surface area (Å²) in [5, 5.41) is 11.5. The highest BCUT2D eigenvalue weighted by atomic mass is 16.6. The van der Waals surface area contributed by atoms with Crippen molar-refractivity contribution < 1.29 is 33.1 Å². The number of rotatable bonds is 9. The summed E-state index contributed by atoms with van der Waals surface area (Å²) in [6, 6.07) is 4.57. The van der Waals surface area contributed by atoms with E-state index in [9.17, 15) is 14.7 Å². The maximum Gasteiger partial charge on any atom is 0.324 e. The number of unbranched alkanes of at least 4 members (excludes halogenated alkanes) is 1. The summed E-state index contributed by atoms with van der Waals surface area (Å²) in [6.07, 6.45) is 4.36. The number of aromatic hydroxyl groups is 1. The molecule has 0 bridgehead atoms. The number of carbonyl (C=O) groups excluding carboxylic acids is 2. The van der Waals surface area contributed by atoms with Gasteiger partial charge >= 0.3 is 11.9 Å². The standard InChI is InChI=1S/C42H73N2O5/c1-18-19-20-42(36(46)48-31-21-28(2)43(14,15)40(10,11)26-31,37(47)49-32-22-29(3)44(16,17)41(12,13)27-32)25-30-23-33(38(4,5)6)35(45)34(24-30)39(7,8)9/h23-24,28-29,31-32H,18-22,25-27H2,1-17H3/q+1/p+1. The molecule has 7 nitrogen and oxygen atoms in total. The Kier molecular flexibility index (Phi) is 11.6. The van der Waals surface area contributed by atoms with Gasteiger partial charge in [-0.15, -0.1) is 0 Å². The lowest BCUT2D eigenvalue weighted by Crippen LogP contribution is -2.66. The number of hydrogen-bond donors (Lipinski definition) is 1. The topological polar surface area (TPSA) is 72.8 Å². The Morgan fingerprint density at radius 3 is 1.45 bits per heavy atom. The van der Waals surface area contributed by atoms with Crippen LogP contribution in [-0.2, 0) is 36.3 Å². The molecule has 49 heavy (non-hydrogen) atoms. The number of benzene rings is 1. The Hall–Kier alpha value is -2.12. The van der Waals surface area contributed by atoms with E-state index in [1.807, 2.05) is 12.1 Å². The molecule has 4 atom stereocenters. The van der Waals surface area contributed by atoms with Crippen molar-refractivity contribution in [1.29, 1.82) is 0 Å². The second-order valence-electron chi connectivity index (χ2n) is 20.2. The van der Waals surface area contributed by atoms with E-state index in [1.54, 1.807) is 0 Å². The second kappa shape index (κ2) is 13.8. The third-order valence-electron chi connectivity index (χ3n) is 13.6. The number of hydrogen-bond acceptors (Lipinski definition) is 5. The molecule has 0 spiro atoms. The minimum absolute atomic E-state index is 0.107. The number of nitrogens with zero attached hydrogens (tertiary/aromatic N) is 2. The molecule has 2 heterocycles. The van der Waals surface area contributed by atoms with Gasteiger partial charge < -0.3 is 23.5 Å². The maximum atomic E-state index is 15.0. The number of quaternary nitrogens is 2. The van der Waals surface area contributed by atoms with Crippen molar-refractivity contribution in [2.45, 2.75) is 188 Å². The second-order valence-corrected chi connectivity index (χ2v) is 20.2. The molecule has 0 saturated carbocycles. The van der Waals surface area contributed by atoms with Crippen LogP contribution in [0.3, 0.4) is 0 Å². The molecule has 0 radical (unpaired) electrons. The molecule has 7 heteroatoms. The van der Waals surface area contributed by atoms with Crippen LogP contribution in [-0.4, -0.2) is 89.6 Å². The van der Waals surface area contributed by atoms with Crippen LogP contribution in [0.15, 0.2) is 12.1 Å². The molecule has 0 aromatic heterocycles. The molecule has 2 aliphatic heterocycles. The van der Waals surface area contributed by atoms with Crippen molar-refractivity contribution in [2.75, 3.05) is 28.2 Å². The van der Waals surface area contributed by atoms with Gasteiger partial charge in [0.25, 0.3) is 0 Å². The first kappa shape index (κ1) is 41.3. The van der Waals surface area contributed by atoms with Gasteiger partial charge in [-0.1, -0.05) is 73.4 Å². The van der Waals surface area contributed by atoms with Crippen LogP contribution in [0.5, 0.6) is 5.75 Å². The third-order valence-corrected chi connectivity index (χ3v) is 13.6. The highest BCUT2D eigenvalue weighted by molar-refractivity contribution is 6.00. The van der Waals surface area contributed by atoms with Crippen molar-refractivity contribution >= 4 is 11.9 Å². The first-order valence-electron chi connectivity index (χ1n) is 19.0. The van der Waals surface area contributed by atoms with Gasteiger partial charge in [0, 0.05) is 25.7 Å².